The van der Waals surface area contributed by atoms with Crippen LogP contribution in [-0.2, 0) is 0 Å². The first-order chi connectivity index (χ1) is 13.7. The normalized spacial score (nSPS) is 10.5. The Kier molecular flexibility index (Phi) is 4.75. The summed E-state index contributed by atoms with van der Waals surface area (Å²) in [6.07, 6.45) is 6.73. The molecule has 0 bridgehead atoms. The van der Waals surface area contributed by atoms with E-state index < -0.39 is 0 Å². The van der Waals surface area contributed by atoms with Gasteiger partial charge >= 0.3 is 0 Å². The maximum atomic E-state index is 9.58. The number of benzene rings is 1. The van der Waals surface area contributed by atoms with Crippen LogP contribution in [0.25, 0.3) is 10.9 Å². The number of pyridine rings is 3. The molecule has 0 unspecified atom stereocenters. The number of nitrogens with one attached hydrogen (secondary N) is 1. The fourth-order valence-corrected chi connectivity index (χ4v) is 3.07. The standard InChI is InChI=1S/C21H15ClN6/c1-28(17-6-3-7-24-12-17)20-9-18-19(13-26-20)25-11-14(10-23)21(18)27-16-5-2-4-15(22)8-16/h2-9,11-13H,1H3,(H,25,27). The van der Waals surface area contributed by atoms with Crippen LogP contribution in [0.2, 0.25) is 5.02 Å². The van der Waals surface area contributed by atoms with Crippen molar-refractivity contribution in [2.75, 3.05) is 17.3 Å². The minimum atomic E-state index is 0.439. The van der Waals surface area contributed by atoms with E-state index in [-0.39, 0.29) is 0 Å². The molecule has 0 spiro atoms. The summed E-state index contributed by atoms with van der Waals surface area (Å²) in [5.74, 6) is 0.714. The molecule has 3 aromatic heterocycles. The number of halogens is 1. The number of anilines is 4. The molecule has 0 aliphatic rings. The van der Waals surface area contributed by atoms with Crippen molar-refractivity contribution in [2.24, 2.45) is 0 Å². The third-order valence-corrected chi connectivity index (χ3v) is 4.57. The summed E-state index contributed by atoms with van der Waals surface area (Å²) >= 11 is 6.10. The quantitative estimate of drug-likeness (QED) is 0.528. The lowest BCUT2D eigenvalue weighted by molar-refractivity contribution is 1.12. The van der Waals surface area contributed by atoms with E-state index in [0.29, 0.717) is 27.6 Å². The molecule has 28 heavy (non-hydrogen) atoms. The fraction of sp³-hybridized carbons (Fsp3) is 0.0476. The Morgan fingerprint density at radius 1 is 1.07 bits per heavy atom. The zero-order valence-electron chi connectivity index (χ0n) is 15.0. The highest BCUT2D eigenvalue weighted by Crippen LogP contribution is 2.32. The smallest absolute Gasteiger partial charge is 0.133 e. The lowest BCUT2D eigenvalue weighted by atomic mass is 10.1. The van der Waals surface area contributed by atoms with Crippen molar-refractivity contribution in [3.05, 3.63) is 77.8 Å². The first-order valence-electron chi connectivity index (χ1n) is 8.51. The summed E-state index contributed by atoms with van der Waals surface area (Å²) in [6.45, 7) is 0. The van der Waals surface area contributed by atoms with Gasteiger partial charge in [0.25, 0.3) is 0 Å². The van der Waals surface area contributed by atoms with Gasteiger partial charge in [0.05, 0.1) is 34.8 Å². The summed E-state index contributed by atoms with van der Waals surface area (Å²) in [5.41, 5.74) is 3.48. The minimum Gasteiger partial charge on any atom is -0.354 e. The summed E-state index contributed by atoms with van der Waals surface area (Å²) in [6, 6.07) is 15.3. The molecule has 6 nitrogen and oxygen atoms in total. The average Bonchev–Trinajstić information content (AvgIpc) is 2.74. The van der Waals surface area contributed by atoms with Crippen LogP contribution in [0.4, 0.5) is 22.9 Å². The van der Waals surface area contributed by atoms with Crippen molar-refractivity contribution in [1.29, 1.82) is 5.26 Å². The lowest BCUT2D eigenvalue weighted by Crippen LogP contribution is -2.11. The molecule has 0 saturated carbocycles. The van der Waals surface area contributed by atoms with Gasteiger partial charge in [-0.3, -0.25) is 9.97 Å². The number of hydrogen-bond acceptors (Lipinski definition) is 6. The van der Waals surface area contributed by atoms with Crippen LogP contribution in [-0.4, -0.2) is 22.0 Å². The molecule has 0 atom stereocenters. The molecular formula is C21H15ClN6. The molecular weight excluding hydrogens is 372 g/mol. The molecule has 136 valence electrons. The van der Waals surface area contributed by atoms with Crippen molar-refractivity contribution in [3.8, 4) is 6.07 Å². The third-order valence-electron chi connectivity index (χ3n) is 4.33. The molecule has 0 amide bonds. The maximum absolute atomic E-state index is 9.58. The zero-order valence-corrected chi connectivity index (χ0v) is 15.7. The van der Waals surface area contributed by atoms with E-state index in [4.69, 9.17) is 11.6 Å². The molecule has 1 aromatic carbocycles. The van der Waals surface area contributed by atoms with Gasteiger partial charge in [0.15, 0.2) is 0 Å². The zero-order chi connectivity index (χ0) is 19.5. The number of nitriles is 1. The number of rotatable bonds is 4. The third kappa shape index (κ3) is 3.43. The van der Waals surface area contributed by atoms with Crippen molar-refractivity contribution in [2.45, 2.75) is 0 Å². The predicted octanol–water partition coefficient (Wildman–Crippen LogP) is 5.06. The van der Waals surface area contributed by atoms with Gasteiger partial charge in [-0.15, -0.1) is 0 Å². The van der Waals surface area contributed by atoms with Gasteiger partial charge in [-0.05, 0) is 36.4 Å². The molecule has 3 heterocycles. The van der Waals surface area contributed by atoms with E-state index in [9.17, 15) is 5.26 Å². The van der Waals surface area contributed by atoms with Crippen LogP contribution >= 0.6 is 11.6 Å². The predicted molar refractivity (Wildman–Crippen MR) is 111 cm³/mol. The first kappa shape index (κ1) is 17.7. The van der Waals surface area contributed by atoms with Crippen molar-refractivity contribution >= 4 is 45.4 Å². The van der Waals surface area contributed by atoms with Crippen LogP contribution in [0.15, 0.2) is 67.3 Å². The van der Waals surface area contributed by atoms with Crippen molar-refractivity contribution in [3.63, 3.8) is 0 Å². The molecule has 0 saturated heterocycles. The SMILES string of the molecule is CN(c1cccnc1)c1cc2c(Nc3cccc(Cl)c3)c(C#N)cnc2cn1. The molecule has 4 aromatic rings. The van der Waals surface area contributed by atoms with Crippen molar-refractivity contribution in [1.82, 2.24) is 15.0 Å². The highest BCUT2D eigenvalue weighted by molar-refractivity contribution is 6.30. The Bertz CT molecular complexity index is 1190. The van der Waals surface area contributed by atoms with E-state index in [1.807, 2.05) is 42.3 Å². The Morgan fingerprint density at radius 3 is 2.71 bits per heavy atom. The summed E-state index contributed by atoms with van der Waals surface area (Å²) in [5, 5.41) is 14.3. The van der Waals surface area contributed by atoms with E-state index in [1.54, 1.807) is 36.9 Å². The van der Waals surface area contributed by atoms with Crippen LogP contribution in [0.1, 0.15) is 5.56 Å². The van der Waals surface area contributed by atoms with Crippen LogP contribution in [0.3, 0.4) is 0 Å². The number of fused-ring (bicyclic) bond motifs is 1. The summed E-state index contributed by atoms with van der Waals surface area (Å²) < 4.78 is 0. The van der Waals surface area contributed by atoms with Gasteiger partial charge in [-0.25, -0.2) is 4.98 Å². The molecule has 0 aliphatic heterocycles. The number of nitrogens with zero attached hydrogens (tertiary/aromatic N) is 5. The Hall–Kier alpha value is -3.69. The molecule has 7 heteroatoms. The second kappa shape index (κ2) is 7.51. The minimum absolute atomic E-state index is 0.439. The van der Waals surface area contributed by atoms with Gasteiger partial charge in [0, 0.05) is 35.5 Å². The van der Waals surface area contributed by atoms with Gasteiger partial charge in [0.2, 0.25) is 0 Å². The summed E-state index contributed by atoms with van der Waals surface area (Å²) in [4.78, 5) is 14.9. The van der Waals surface area contributed by atoms with E-state index >= 15 is 0 Å². The molecule has 0 aliphatic carbocycles. The van der Waals surface area contributed by atoms with E-state index in [1.165, 1.54) is 0 Å². The number of aromatic nitrogens is 3. The molecule has 0 radical (unpaired) electrons. The van der Waals surface area contributed by atoms with E-state index in [2.05, 4.69) is 26.3 Å². The number of hydrogen-bond donors (Lipinski definition) is 1. The highest BCUT2D eigenvalue weighted by Gasteiger charge is 2.13. The second-order valence-corrected chi connectivity index (χ2v) is 6.56. The van der Waals surface area contributed by atoms with Gasteiger partial charge < -0.3 is 10.2 Å². The Balaban J connectivity index is 1.84. The van der Waals surface area contributed by atoms with E-state index in [0.717, 1.165) is 16.8 Å². The molecule has 0 fully saturated rings. The van der Waals surface area contributed by atoms with Crippen molar-refractivity contribution < 1.29 is 0 Å². The van der Waals surface area contributed by atoms with Crippen LogP contribution < -0.4 is 10.2 Å². The lowest BCUT2D eigenvalue weighted by Gasteiger charge is -2.19. The fourth-order valence-electron chi connectivity index (χ4n) is 2.88. The average molecular weight is 387 g/mol. The Labute approximate surface area is 167 Å². The molecule has 4 rings (SSSR count). The van der Waals surface area contributed by atoms with Crippen LogP contribution in [0.5, 0.6) is 0 Å². The van der Waals surface area contributed by atoms with Gasteiger partial charge in [0.1, 0.15) is 11.9 Å². The first-order valence-corrected chi connectivity index (χ1v) is 8.89. The Morgan fingerprint density at radius 2 is 1.96 bits per heavy atom. The van der Waals surface area contributed by atoms with Gasteiger partial charge in [-0.1, -0.05) is 17.7 Å². The largest absolute Gasteiger partial charge is 0.354 e. The van der Waals surface area contributed by atoms with Crippen LogP contribution in [0, 0.1) is 11.3 Å². The van der Waals surface area contributed by atoms with Gasteiger partial charge in [-0.2, -0.15) is 5.26 Å². The maximum Gasteiger partial charge on any atom is 0.133 e. The summed E-state index contributed by atoms with van der Waals surface area (Å²) in [7, 11) is 1.91. The highest BCUT2D eigenvalue weighted by atomic mass is 35.5. The monoisotopic (exact) mass is 386 g/mol. The molecule has 1 N–H and O–H groups in total. The second-order valence-electron chi connectivity index (χ2n) is 6.12. The topological polar surface area (TPSA) is 77.7 Å².